The lowest BCUT2D eigenvalue weighted by atomic mass is 9.33. The first-order valence-corrected chi connectivity index (χ1v) is 14.0. The summed E-state index contributed by atoms with van der Waals surface area (Å²) in [6.45, 7) is 14.4. The number of aliphatic hydroxyl groups excluding tert-OH is 4. The number of aliphatic hydroxyl groups is 4. The number of hydrogen-bond acceptors (Lipinski definition) is 4. The second-order valence-corrected chi connectivity index (χ2v) is 15.0. The number of hydrogen-bond donors (Lipinski definition) is 4. The Kier molecular flexibility index (Phi) is 5.61. The fraction of sp³-hybridized carbons (Fsp3) is 0.933. The van der Waals surface area contributed by atoms with E-state index in [0.29, 0.717) is 11.8 Å². The van der Waals surface area contributed by atoms with Crippen LogP contribution in [0.25, 0.3) is 0 Å². The van der Waals surface area contributed by atoms with Gasteiger partial charge in [0, 0.05) is 12.0 Å². The first-order valence-electron chi connectivity index (χ1n) is 14.0. The molecule has 0 bridgehead atoms. The second-order valence-electron chi connectivity index (χ2n) is 15.0. The molecule has 0 heterocycles. The van der Waals surface area contributed by atoms with Crippen molar-refractivity contribution in [2.75, 3.05) is 13.2 Å². The quantitative estimate of drug-likeness (QED) is 0.421. The van der Waals surface area contributed by atoms with E-state index >= 15 is 0 Å². The molecule has 0 aromatic rings. The van der Waals surface area contributed by atoms with Crippen LogP contribution in [-0.4, -0.2) is 45.8 Å². The molecule has 4 saturated carbocycles. The molecule has 0 amide bonds. The molecule has 34 heavy (non-hydrogen) atoms. The van der Waals surface area contributed by atoms with Gasteiger partial charge in [-0.25, -0.2) is 0 Å². The number of fused-ring (bicyclic) bond motifs is 7. The maximum absolute atomic E-state index is 11.7. The van der Waals surface area contributed by atoms with Crippen LogP contribution < -0.4 is 0 Å². The smallest absolute Gasteiger partial charge is 0.0632 e. The van der Waals surface area contributed by atoms with Crippen molar-refractivity contribution in [3.05, 3.63) is 11.6 Å². The highest BCUT2D eigenvalue weighted by Gasteiger charge is 2.69. The fourth-order valence-corrected chi connectivity index (χ4v) is 10.8. The van der Waals surface area contributed by atoms with Gasteiger partial charge in [-0.05, 0) is 103 Å². The van der Waals surface area contributed by atoms with Crippen molar-refractivity contribution in [2.45, 2.75) is 112 Å². The fourth-order valence-electron chi connectivity index (χ4n) is 10.8. The van der Waals surface area contributed by atoms with Crippen molar-refractivity contribution in [1.82, 2.24) is 0 Å². The second kappa shape index (κ2) is 7.55. The van der Waals surface area contributed by atoms with E-state index in [4.69, 9.17) is 0 Å². The summed E-state index contributed by atoms with van der Waals surface area (Å²) in [4.78, 5) is 0. The molecule has 5 aliphatic rings. The minimum absolute atomic E-state index is 0.0276. The third-order valence-electron chi connectivity index (χ3n) is 13.4. The van der Waals surface area contributed by atoms with Crippen molar-refractivity contribution in [3.8, 4) is 0 Å². The Balaban J connectivity index is 1.60. The highest BCUT2D eigenvalue weighted by molar-refractivity contribution is 5.35. The van der Waals surface area contributed by atoms with Crippen LogP contribution in [-0.2, 0) is 0 Å². The average Bonchev–Trinajstić information content (AvgIpc) is 2.77. The van der Waals surface area contributed by atoms with E-state index in [0.717, 1.165) is 57.8 Å². The van der Waals surface area contributed by atoms with Crippen LogP contribution in [0, 0.1) is 50.2 Å². The molecule has 5 rings (SSSR count). The summed E-state index contributed by atoms with van der Waals surface area (Å²) in [7, 11) is 0. The van der Waals surface area contributed by atoms with E-state index in [2.05, 4.69) is 47.6 Å². The van der Waals surface area contributed by atoms with Gasteiger partial charge >= 0.3 is 0 Å². The van der Waals surface area contributed by atoms with Crippen LogP contribution in [0.2, 0.25) is 0 Å². The summed E-state index contributed by atoms with van der Waals surface area (Å²) in [5, 5.41) is 43.5. The van der Waals surface area contributed by atoms with Crippen LogP contribution in [0.5, 0.6) is 0 Å². The summed E-state index contributed by atoms with van der Waals surface area (Å²) in [6.07, 6.45) is 10.3. The normalized spacial score (nSPS) is 56.4. The van der Waals surface area contributed by atoms with E-state index < -0.39 is 11.5 Å². The van der Waals surface area contributed by atoms with Crippen molar-refractivity contribution < 1.29 is 20.4 Å². The van der Waals surface area contributed by atoms with Gasteiger partial charge in [-0.1, -0.05) is 53.2 Å². The molecule has 0 aliphatic heterocycles. The molecular weight excluding hydrogens is 424 g/mol. The average molecular weight is 475 g/mol. The number of rotatable bonds is 2. The van der Waals surface area contributed by atoms with Crippen molar-refractivity contribution in [3.63, 3.8) is 0 Å². The third-order valence-corrected chi connectivity index (χ3v) is 13.4. The van der Waals surface area contributed by atoms with Gasteiger partial charge in [0.2, 0.25) is 0 Å². The first kappa shape index (κ1) is 25.2. The topological polar surface area (TPSA) is 80.9 Å². The molecule has 5 aliphatic carbocycles. The lowest BCUT2D eigenvalue weighted by Crippen LogP contribution is -2.67. The molecule has 4 nitrogen and oxygen atoms in total. The lowest BCUT2D eigenvalue weighted by molar-refractivity contribution is -0.219. The Bertz CT molecular complexity index is 866. The summed E-state index contributed by atoms with van der Waals surface area (Å²) < 4.78 is 0. The maximum Gasteiger partial charge on any atom is 0.0632 e. The van der Waals surface area contributed by atoms with E-state index in [1.165, 1.54) is 5.57 Å². The Morgan fingerprint density at radius 1 is 0.794 bits per heavy atom. The summed E-state index contributed by atoms with van der Waals surface area (Å²) >= 11 is 0. The van der Waals surface area contributed by atoms with Gasteiger partial charge in [-0.2, -0.15) is 0 Å². The lowest BCUT2D eigenvalue weighted by Gasteiger charge is -2.72. The van der Waals surface area contributed by atoms with Crippen molar-refractivity contribution in [1.29, 1.82) is 0 Å². The minimum Gasteiger partial charge on any atom is -0.396 e. The molecule has 0 aromatic heterocycles. The molecule has 4 heteroatoms. The molecule has 0 aromatic carbocycles. The monoisotopic (exact) mass is 474 g/mol. The molecule has 194 valence electrons. The molecule has 4 N–H and O–H groups in total. The van der Waals surface area contributed by atoms with Crippen LogP contribution in [0.4, 0.5) is 0 Å². The Labute approximate surface area is 207 Å². The summed E-state index contributed by atoms with van der Waals surface area (Å²) in [5.41, 5.74) is 0.945. The van der Waals surface area contributed by atoms with E-state index in [1.54, 1.807) is 0 Å². The Hall–Kier alpha value is -0.420. The zero-order valence-corrected chi connectivity index (χ0v) is 22.5. The molecule has 0 unspecified atom stereocenters. The van der Waals surface area contributed by atoms with E-state index in [9.17, 15) is 20.4 Å². The number of allylic oxidation sites excluding steroid dienone is 2. The molecule has 0 saturated heterocycles. The van der Waals surface area contributed by atoms with Crippen LogP contribution >= 0.6 is 0 Å². The highest BCUT2D eigenvalue weighted by atomic mass is 16.3. The van der Waals surface area contributed by atoms with E-state index in [1.807, 2.05) is 0 Å². The van der Waals surface area contributed by atoms with E-state index in [-0.39, 0.29) is 52.3 Å². The van der Waals surface area contributed by atoms with Gasteiger partial charge in [0.15, 0.2) is 0 Å². The predicted octanol–water partition coefficient (Wildman–Crippen LogP) is 5.08. The molecule has 10 atom stereocenters. The first-order chi connectivity index (χ1) is 15.7. The van der Waals surface area contributed by atoms with Crippen LogP contribution in [0.3, 0.4) is 0 Å². The van der Waals surface area contributed by atoms with Gasteiger partial charge in [-0.15, -0.1) is 0 Å². The zero-order valence-electron chi connectivity index (χ0n) is 22.5. The highest BCUT2D eigenvalue weighted by Crippen LogP contribution is 2.75. The van der Waals surface area contributed by atoms with Crippen LogP contribution in [0.15, 0.2) is 11.6 Å². The Morgan fingerprint density at radius 2 is 1.50 bits per heavy atom. The minimum atomic E-state index is -0.515. The largest absolute Gasteiger partial charge is 0.396 e. The summed E-state index contributed by atoms with van der Waals surface area (Å²) in [5.74, 6) is 1.17. The molecule has 0 spiro atoms. The predicted molar refractivity (Wildman–Crippen MR) is 135 cm³/mol. The molecule has 4 fully saturated rings. The van der Waals surface area contributed by atoms with Gasteiger partial charge in [0.25, 0.3) is 0 Å². The van der Waals surface area contributed by atoms with Gasteiger partial charge in [0.05, 0.1) is 18.8 Å². The standard InChI is InChI=1S/C30H50O4/c1-25(2)21-9-12-28(5)22(27(21,4)11-10-23(25)33)8-7-19-20-15-26(3,17-31)13-14-30(20,18-32)24(34)16-29(19,28)6/h7,20-24,31-34H,8-18H2,1-6H3/t20-,21-,22-,23+,24+,26-,27+,28-,29-,30-/m1/s1. The Morgan fingerprint density at radius 3 is 2.15 bits per heavy atom. The molecule has 0 radical (unpaired) electrons. The van der Waals surface area contributed by atoms with Gasteiger partial charge in [0.1, 0.15) is 0 Å². The zero-order chi connectivity index (χ0) is 24.9. The summed E-state index contributed by atoms with van der Waals surface area (Å²) in [6, 6.07) is 0. The van der Waals surface area contributed by atoms with Crippen LogP contribution in [0.1, 0.15) is 99.3 Å². The van der Waals surface area contributed by atoms with Gasteiger partial charge in [-0.3, -0.25) is 0 Å². The SMILES string of the molecule is CC1(C)[C@H]2CC[C@]3(C)[C@H](CC=C4[C@H]5C[C@](C)(CO)CC[C@]5(CO)[C@@H](O)C[C@]43C)[C@@]2(C)CC[C@@H]1O. The third kappa shape index (κ3) is 2.92. The van der Waals surface area contributed by atoms with Crippen molar-refractivity contribution in [2.24, 2.45) is 50.2 Å². The molecular formula is C30H50O4. The van der Waals surface area contributed by atoms with Crippen molar-refractivity contribution >= 4 is 0 Å². The maximum atomic E-state index is 11.7. The van der Waals surface area contributed by atoms with Gasteiger partial charge < -0.3 is 20.4 Å².